The highest BCUT2D eigenvalue weighted by atomic mass is 16.4. The molecule has 32 heavy (non-hydrogen) atoms. The molecule has 0 aromatic heterocycles. The van der Waals surface area contributed by atoms with Crippen LogP contribution in [0.25, 0.3) is 0 Å². The number of carbonyl (C=O) groups excluding carboxylic acids is 1. The summed E-state index contributed by atoms with van der Waals surface area (Å²) < 4.78 is 0. The van der Waals surface area contributed by atoms with Crippen molar-refractivity contribution in [3.63, 3.8) is 0 Å². The molecule has 0 heterocycles. The number of benzene rings is 2. The summed E-state index contributed by atoms with van der Waals surface area (Å²) in [5.74, 6) is 0.521. The highest BCUT2D eigenvalue weighted by molar-refractivity contribution is 5.96. The zero-order valence-electron chi connectivity index (χ0n) is 18.5. The van der Waals surface area contributed by atoms with Gasteiger partial charge in [-0.05, 0) is 42.0 Å². The molecule has 0 spiro atoms. The monoisotopic (exact) mass is 435 g/mol. The molecule has 2 aromatic rings. The Kier molecular flexibility index (Phi) is 7.10. The van der Waals surface area contributed by atoms with E-state index in [2.05, 4.69) is 5.32 Å². The van der Waals surface area contributed by atoms with E-state index in [1.54, 1.807) is 0 Å². The predicted octanol–water partition coefficient (Wildman–Crippen LogP) is 4.96. The zero-order chi connectivity index (χ0) is 22.5. The summed E-state index contributed by atoms with van der Waals surface area (Å²) in [5, 5.41) is 13.0. The first kappa shape index (κ1) is 22.3. The van der Waals surface area contributed by atoms with E-state index in [0.29, 0.717) is 23.9 Å². The number of hydrogen-bond donors (Lipinski definition) is 3. The molecule has 3 atom stereocenters. The van der Waals surface area contributed by atoms with E-state index in [0.717, 1.165) is 37.7 Å². The van der Waals surface area contributed by atoms with Crippen LogP contribution in [0, 0.1) is 5.92 Å². The summed E-state index contributed by atoms with van der Waals surface area (Å²) in [4.78, 5) is 26.9. The van der Waals surface area contributed by atoms with Gasteiger partial charge in [0.15, 0.2) is 0 Å². The van der Waals surface area contributed by atoms with Crippen LogP contribution in [-0.4, -0.2) is 34.1 Å². The van der Waals surface area contributed by atoms with E-state index in [1.165, 1.54) is 16.9 Å². The van der Waals surface area contributed by atoms with Crippen molar-refractivity contribution >= 4 is 17.7 Å². The maximum absolute atomic E-state index is 13.4. The van der Waals surface area contributed by atoms with Crippen molar-refractivity contribution in [3.8, 4) is 0 Å². The fourth-order valence-corrected chi connectivity index (χ4v) is 4.84. The first-order valence-corrected chi connectivity index (χ1v) is 11.7. The second-order valence-corrected chi connectivity index (χ2v) is 9.27. The molecule has 2 fully saturated rings. The van der Waals surface area contributed by atoms with Gasteiger partial charge in [-0.15, -0.1) is 0 Å². The number of nitrogens with zero attached hydrogens (tertiary/aromatic N) is 1. The summed E-state index contributed by atoms with van der Waals surface area (Å²) in [6.07, 6.45) is 6.12. The number of anilines is 1. The van der Waals surface area contributed by atoms with E-state index in [9.17, 15) is 14.7 Å². The third-order valence-electron chi connectivity index (χ3n) is 6.85. The van der Waals surface area contributed by atoms with Crippen LogP contribution in [0.4, 0.5) is 10.5 Å². The van der Waals surface area contributed by atoms with Crippen LogP contribution < -0.4 is 11.1 Å². The lowest BCUT2D eigenvalue weighted by Crippen LogP contribution is -2.47. The fraction of sp³-hybridized carbons (Fsp3) is 0.462. The number of carbonyl (C=O) groups is 2. The molecule has 2 saturated carbocycles. The van der Waals surface area contributed by atoms with Gasteiger partial charge < -0.3 is 16.2 Å². The number of nitrogens with one attached hydrogen (secondary N) is 1. The van der Waals surface area contributed by atoms with Crippen molar-refractivity contribution in [1.82, 2.24) is 4.90 Å². The van der Waals surface area contributed by atoms with Gasteiger partial charge in [0.2, 0.25) is 5.91 Å². The normalized spacial score (nSPS) is 21.5. The summed E-state index contributed by atoms with van der Waals surface area (Å²) in [6, 6.07) is 16.8. The lowest BCUT2D eigenvalue weighted by Gasteiger charge is -2.32. The Morgan fingerprint density at radius 3 is 2.28 bits per heavy atom. The fourth-order valence-electron chi connectivity index (χ4n) is 4.84. The molecule has 0 radical (unpaired) electrons. The van der Waals surface area contributed by atoms with E-state index >= 15 is 0 Å². The Labute approximate surface area is 189 Å². The van der Waals surface area contributed by atoms with Crippen molar-refractivity contribution in [1.29, 1.82) is 0 Å². The van der Waals surface area contributed by atoms with Gasteiger partial charge in [0.25, 0.3) is 0 Å². The molecule has 2 aliphatic rings. The molecule has 0 bridgehead atoms. The first-order chi connectivity index (χ1) is 15.5. The summed E-state index contributed by atoms with van der Waals surface area (Å²) in [6.45, 7) is 0.194. The first-order valence-electron chi connectivity index (χ1n) is 11.7. The van der Waals surface area contributed by atoms with Gasteiger partial charge in [-0.3, -0.25) is 9.69 Å². The standard InChI is InChI=1S/C26H33N3O3/c27-23-16-22(23)20-11-13-21(14-12-20)28-25(30)24(15-18-7-3-1-4-8-18)29(26(31)32)17-19-9-5-2-6-10-19/h2,5-6,9-14,18,22-24H,1,3-4,7-8,15-17,27H2,(H,28,30)(H,31,32)/t22-,23+,24?/m0/s1. The molecule has 6 heteroatoms. The molecule has 2 amide bonds. The van der Waals surface area contributed by atoms with Crippen molar-refractivity contribution < 1.29 is 14.7 Å². The van der Waals surface area contributed by atoms with Gasteiger partial charge in [-0.2, -0.15) is 0 Å². The van der Waals surface area contributed by atoms with Crippen molar-refractivity contribution in [2.45, 2.75) is 69.5 Å². The molecule has 4 rings (SSSR count). The van der Waals surface area contributed by atoms with E-state index in [4.69, 9.17) is 5.73 Å². The van der Waals surface area contributed by atoms with Crippen molar-refractivity contribution in [2.24, 2.45) is 11.7 Å². The predicted molar refractivity (Wildman–Crippen MR) is 125 cm³/mol. The molecule has 2 aliphatic carbocycles. The van der Waals surface area contributed by atoms with Gasteiger partial charge in [-0.25, -0.2) is 4.79 Å². The molecule has 2 aromatic carbocycles. The van der Waals surface area contributed by atoms with Crippen LogP contribution in [0.1, 0.15) is 62.0 Å². The van der Waals surface area contributed by atoms with Crippen molar-refractivity contribution in [2.75, 3.05) is 5.32 Å². The average molecular weight is 436 g/mol. The maximum Gasteiger partial charge on any atom is 0.408 e. The Balaban J connectivity index is 1.51. The zero-order valence-corrected chi connectivity index (χ0v) is 18.5. The Morgan fingerprint density at radius 2 is 1.69 bits per heavy atom. The molecule has 4 N–H and O–H groups in total. The summed E-state index contributed by atoms with van der Waals surface area (Å²) >= 11 is 0. The number of nitrogens with two attached hydrogens (primary N) is 1. The highest BCUT2D eigenvalue weighted by Crippen LogP contribution is 2.39. The van der Waals surface area contributed by atoms with E-state index < -0.39 is 12.1 Å². The van der Waals surface area contributed by atoms with Crippen LogP contribution in [0.15, 0.2) is 54.6 Å². The number of amides is 2. The largest absolute Gasteiger partial charge is 0.465 e. The van der Waals surface area contributed by atoms with E-state index in [1.807, 2.05) is 54.6 Å². The lowest BCUT2D eigenvalue weighted by molar-refractivity contribution is -0.121. The minimum atomic E-state index is -1.07. The molecule has 0 aliphatic heterocycles. The average Bonchev–Trinajstić information content (AvgIpc) is 3.54. The SMILES string of the molecule is N[C@@H]1C[C@H]1c1ccc(NC(=O)C(CC2CCCCC2)N(Cc2ccccc2)C(=O)O)cc1. The lowest BCUT2D eigenvalue weighted by atomic mass is 9.84. The maximum atomic E-state index is 13.4. The minimum Gasteiger partial charge on any atom is -0.465 e. The number of rotatable bonds is 8. The quantitative estimate of drug-likeness (QED) is 0.546. The summed E-state index contributed by atoms with van der Waals surface area (Å²) in [5.41, 5.74) is 8.69. The third-order valence-corrected chi connectivity index (χ3v) is 6.85. The second-order valence-electron chi connectivity index (χ2n) is 9.27. The van der Waals surface area contributed by atoms with Crippen LogP contribution >= 0.6 is 0 Å². The van der Waals surface area contributed by atoms with Gasteiger partial charge in [0.05, 0.1) is 0 Å². The summed E-state index contributed by atoms with van der Waals surface area (Å²) in [7, 11) is 0. The minimum absolute atomic E-state index is 0.194. The molecular weight excluding hydrogens is 402 g/mol. The van der Waals surface area contributed by atoms with Gasteiger partial charge in [0.1, 0.15) is 6.04 Å². The smallest absolute Gasteiger partial charge is 0.408 e. The Morgan fingerprint density at radius 1 is 1.03 bits per heavy atom. The van der Waals surface area contributed by atoms with Crippen LogP contribution in [-0.2, 0) is 11.3 Å². The van der Waals surface area contributed by atoms with Gasteiger partial charge >= 0.3 is 6.09 Å². The van der Waals surface area contributed by atoms with Crippen molar-refractivity contribution in [3.05, 3.63) is 65.7 Å². The highest BCUT2D eigenvalue weighted by Gasteiger charge is 2.35. The third kappa shape index (κ3) is 5.68. The second kappa shape index (κ2) is 10.2. The Hall–Kier alpha value is -2.86. The molecule has 0 saturated heterocycles. The molecular formula is C26H33N3O3. The van der Waals surface area contributed by atoms with Gasteiger partial charge in [0, 0.05) is 24.2 Å². The molecule has 1 unspecified atom stereocenters. The molecule has 170 valence electrons. The topological polar surface area (TPSA) is 95.7 Å². The van der Waals surface area contributed by atoms with Gasteiger partial charge in [-0.1, -0.05) is 74.6 Å². The number of carboxylic acid groups (broad SMARTS) is 1. The van der Waals surface area contributed by atoms with Crippen LogP contribution in [0.3, 0.4) is 0 Å². The number of hydrogen-bond acceptors (Lipinski definition) is 3. The molecule has 6 nitrogen and oxygen atoms in total. The van der Waals surface area contributed by atoms with E-state index in [-0.39, 0.29) is 18.5 Å². The van der Waals surface area contributed by atoms with Crippen LogP contribution in [0.2, 0.25) is 0 Å². The van der Waals surface area contributed by atoms with Crippen LogP contribution in [0.5, 0.6) is 0 Å². The Bertz CT molecular complexity index is 910.